The van der Waals surface area contributed by atoms with E-state index in [2.05, 4.69) is 19.9 Å². The zero-order valence-electron chi connectivity index (χ0n) is 19.1. The van der Waals surface area contributed by atoms with E-state index in [1.807, 2.05) is 0 Å². The van der Waals surface area contributed by atoms with Crippen LogP contribution in [0.3, 0.4) is 0 Å². The van der Waals surface area contributed by atoms with Crippen molar-refractivity contribution >= 4 is 0 Å². The molecule has 160 valence electrons. The van der Waals surface area contributed by atoms with Crippen molar-refractivity contribution in [3.05, 3.63) is 0 Å². The zero-order chi connectivity index (χ0) is 19.8. The van der Waals surface area contributed by atoms with Gasteiger partial charge in [-0.1, -0.05) is 65.2 Å². The van der Waals surface area contributed by atoms with Crippen molar-refractivity contribution in [2.75, 3.05) is 0 Å². The molecule has 0 radical (unpaired) electrons. The van der Waals surface area contributed by atoms with Gasteiger partial charge in [-0.3, -0.25) is 0 Å². The van der Waals surface area contributed by atoms with Crippen molar-refractivity contribution in [1.82, 2.24) is 0 Å². The Kier molecular flexibility index (Phi) is 8.74. The maximum Gasteiger partial charge on any atom is 0.0692 e. The highest BCUT2D eigenvalue weighted by atomic mass is 14.5. The topological polar surface area (TPSA) is 23.8 Å². The molecule has 0 heterocycles. The molecule has 3 saturated carbocycles. The van der Waals surface area contributed by atoms with Gasteiger partial charge >= 0.3 is 0 Å². The smallest absolute Gasteiger partial charge is 0.0692 e. The van der Waals surface area contributed by atoms with Crippen LogP contribution in [-0.4, -0.2) is 0 Å². The molecule has 28 heavy (non-hydrogen) atoms. The van der Waals surface area contributed by atoms with E-state index in [-0.39, 0.29) is 5.41 Å². The Bertz CT molecular complexity index is 465. The minimum atomic E-state index is 0.0471. The first-order valence-electron chi connectivity index (χ1n) is 13.1. The van der Waals surface area contributed by atoms with Crippen molar-refractivity contribution in [1.29, 1.82) is 5.26 Å². The third kappa shape index (κ3) is 5.55. The molecule has 0 atom stereocenters. The Hall–Kier alpha value is -0.510. The summed E-state index contributed by atoms with van der Waals surface area (Å²) in [5.74, 6) is 4.67. The lowest BCUT2D eigenvalue weighted by atomic mass is 9.58. The molecule has 0 amide bonds. The van der Waals surface area contributed by atoms with Crippen molar-refractivity contribution in [2.24, 2.45) is 35.0 Å². The van der Waals surface area contributed by atoms with Crippen molar-refractivity contribution in [2.45, 2.75) is 129 Å². The Balaban J connectivity index is 1.43. The number of nitriles is 1. The normalized spacial score (nSPS) is 39.4. The van der Waals surface area contributed by atoms with E-state index < -0.39 is 0 Å². The molecule has 1 nitrogen and oxygen atoms in total. The van der Waals surface area contributed by atoms with E-state index in [0.717, 1.165) is 23.7 Å². The molecule has 0 saturated heterocycles. The maximum absolute atomic E-state index is 10.1. The highest BCUT2D eigenvalue weighted by molar-refractivity contribution is 5.06. The fourth-order valence-electron chi connectivity index (χ4n) is 7.17. The van der Waals surface area contributed by atoms with Crippen LogP contribution < -0.4 is 0 Å². The molecule has 0 unspecified atom stereocenters. The van der Waals surface area contributed by atoms with Crippen molar-refractivity contribution < 1.29 is 0 Å². The van der Waals surface area contributed by atoms with Gasteiger partial charge in [0, 0.05) is 0 Å². The van der Waals surface area contributed by atoms with Crippen LogP contribution in [0.2, 0.25) is 0 Å². The Morgan fingerprint density at radius 1 is 0.679 bits per heavy atom. The van der Waals surface area contributed by atoms with Gasteiger partial charge < -0.3 is 0 Å². The Labute approximate surface area is 176 Å². The summed E-state index contributed by atoms with van der Waals surface area (Å²) in [4.78, 5) is 0. The molecule has 1 heteroatoms. The maximum atomic E-state index is 10.1. The molecule has 0 aromatic rings. The van der Waals surface area contributed by atoms with Gasteiger partial charge in [0.25, 0.3) is 0 Å². The van der Waals surface area contributed by atoms with E-state index in [9.17, 15) is 5.26 Å². The van der Waals surface area contributed by atoms with Crippen LogP contribution in [0.25, 0.3) is 0 Å². The van der Waals surface area contributed by atoms with Gasteiger partial charge in [-0.25, -0.2) is 0 Å². The molecular weight excluding hydrogens is 338 g/mol. The molecular formula is C27H47N. The van der Waals surface area contributed by atoms with E-state index >= 15 is 0 Å². The first-order valence-corrected chi connectivity index (χ1v) is 13.1. The summed E-state index contributed by atoms with van der Waals surface area (Å²) in [7, 11) is 0. The highest BCUT2D eigenvalue weighted by Crippen LogP contribution is 2.52. The first-order chi connectivity index (χ1) is 13.7. The van der Waals surface area contributed by atoms with Gasteiger partial charge in [0.15, 0.2) is 0 Å². The minimum absolute atomic E-state index is 0.0471. The largest absolute Gasteiger partial charge is 0.198 e. The van der Waals surface area contributed by atoms with Crippen LogP contribution in [0.5, 0.6) is 0 Å². The molecule has 0 spiro atoms. The van der Waals surface area contributed by atoms with Gasteiger partial charge in [0.05, 0.1) is 11.5 Å². The molecule has 0 bridgehead atoms. The zero-order valence-corrected chi connectivity index (χ0v) is 19.1. The second kappa shape index (κ2) is 11.0. The van der Waals surface area contributed by atoms with Crippen LogP contribution in [0.15, 0.2) is 0 Å². The minimum Gasteiger partial charge on any atom is -0.198 e. The summed E-state index contributed by atoms with van der Waals surface area (Å²) in [6, 6.07) is 2.88. The number of hydrogen-bond acceptors (Lipinski definition) is 1. The van der Waals surface area contributed by atoms with Crippen LogP contribution in [0.4, 0.5) is 0 Å². The molecule has 0 N–H and O–H groups in total. The summed E-state index contributed by atoms with van der Waals surface area (Å²) in [5.41, 5.74) is 0.0471. The van der Waals surface area contributed by atoms with Crippen LogP contribution in [0.1, 0.15) is 129 Å². The second-order valence-corrected chi connectivity index (χ2v) is 10.9. The fraction of sp³-hybridized carbons (Fsp3) is 0.963. The molecule has 0 aromatic heterocycles. The summed E-state index contributed by atoms with van der Waals surface area (Å²) >= 11 is 0. The van der Waals surface area contributed by atoms with E-state index in [0.29, 0.717) is 5.92 Å². The van der Waals surface area contributed by atoms with Gasteiger partial charge in [-0.2, -0.15) is 5.26 Å². The summed E-state index contributed by atoms with van der Waals surface area (Å²) in [5, 5.41) is 10.1. The molecule has 0 aliphatic heterocycles. The second-order valence-electron chi connectivity index (χ2n) is 10.9. The number of unbranched alkanes of at least 4 members (excludes halogenated alkanes) is 2. The van der Waals surface area contributed by atoms with Crippen LogP contribution in [-0.2, 0) is 0 Å². The average molecular weight is 386 g/mol. The monoisotopic (exact) mass is 385 g/mol. The lowest BCUT2D eigenvalue weighted by Gasteiger charge is -2.45. The summed E-state index contributed by atoms with van der Waals surface area (Å²) in [6.07, 6.45) is 25.1. The van der Waals surface area contributed by atoms with Crippen molar-refractivity contribution in [3.8, 4) is 6.07 Å². The Morgan fingerprint density at radius 2 is 1.14 bits per heavy atom. The predicted octanol–water partition coefficient (Wildman–Crippen LogP) is 8.68. The SMILES string of the molecule is CCCCC1CCC(C2CCC(C3(C#N)CCC(CCCC)CC3)CC2)CC1. The van der Waals surface area contributed by atoms with Crippen LogP contribution >= 0.6 is 0 Å². The van der Waals surface area contributed by atoms with Gasteiger partial charge in [0.2, 0.25) is 0 Å². The fourth-order valence-corrected chi connectivity index (χ4v) is 7.17. The lowest BCUT2D eigenvalue weighted by Crippen LogP contribution is -2.37. The number of hydrogen-bond donors (Lipinski definition) is 0. The van der Waals surface area contributed by atoms with Gasteiger partial charge in [-0.05, 0) is 93.8 Å². The third-order valence-electron chi connectivity index (χ3n) is 9.26. The summed E-state index contributed by atoms with van der Waals surface area (Å²) in [6.45, 7) is 4.63. The Morgan fingerprint density at radius 3 is 1.61 bits per heavy atom. The van der Waals surface area contributed by atoms with E-state index in [4.69, 9.17) is 0 Å². The van der Waals surface area contributed by atoms with E-state index in [1.165, 1.54) is 116 Å². The predicted molar refractivity (Wildman–Crippen MR) is 120 cm³/mol. The van der Waals surface area contributed by atoms with Gasteiger partial charge in [0.1, 0.15) is 0 Å². The van der Waals surface area contributed by atoms with Crippen molar-refractivity contribution in [3.63, 3.8) is 0 Å². The first kappa shape index (κ1) is 22.2. The number of nitrogens with zero attached hydrogens (tertiary/aromatic N) is 1. The van der Waals surface area contributed by atoms with Crippen LogP contribution in [0, 0.1) is 46.3 Å². The lowest BCUT2D eigenvalue weighted by molar-refractivity contribution is 0.0647. The standard InChI is InChI=1S/C27H47N/c1-3-5-7-22-9-11-24(12-10-22)25-13-15-26(16-14-25)27(21-28)19-17-23(18-20-27)8-6-4-2/h22-26H,3-20H2,1-2H3. The quantitative estimate of drug-likeness (QED) is 0.410. The molecule has 3 fully saturated rings. The highest BCUT2D eigenvalue weighted by Gasteiger charge is 2.44. The molecule has 3 rings (SSSR count). The molecule has 0 aromatic carbocycles. The third-order valence-corrected chi connectivity index (χ3v) is 9.26. The number of rotatable bonds is 8. The molecule has 3 aliphatic carbocycles. The van der Waals surface area contributed by atoms with E-state index in [1.54, 1.807) is 0 Å². The average Bonchev–Trinajstić information content (AvgIpc) is 2.77. The summed E-state index contributed by atoms with van der Waals surface area (Å²) < 4.78 is 0. The molecule has 3 aliphatic rings. The van der Waals surface area contributed by atoms with Gasteiger partial charge in [-0.15, -0.1) is 0 Å².